The van der Waals surface area contributed by atoms with Gasteiger partial charge in [0.1, 0.15) is 0 Å². The molecule has 0 radical (unpaired) electrons. The number of benzene rings is 1. The second-order valence-electron chi connectivity index (χ2n) is 2.79. The zero-order valence-corrected chi connectivity index (χ0v) is 12.3. The first-order valence-electron chi connectivity index (χ1n) is 4.12. The molecule has 0 amide bonds. The van der Waals surface area contributed by atoms with Crippen molar-refractivity contribution in [3.8, 4) is 0 Å². The molecule has 0 atom stereocenters. The predicted molar refractivity (Wildman–Crippen MR) is 74.2 cm³/mol. The van der Waals surface area contributed by atoms with Crippen LogP contribution in [0, 0.1) is 3.57 Å². The lowest BCUT2D eigenvalue weighted by atomic mass is 10.1. The molecule has 0 aliphatic heterocycles. The summed E-state index contributed by atoms with van der Waals surface area (Å²) in [5.74, 6) is 1.12. The highest BCUT2D eigenvalue weighted by Gasteiger charge is 2.09. The number of Topliss-reactive ketones (excluding diaryl/α,β-unsaturated/α-hetero) is 1. The first-order chi connectivity index (χ1) is 6.65. The summed E-state index contributed by atoms with van der Waals surface area (Å²) in [5, 5.41) is 0. The quantitative estimate of drug-likeness (QED) is 0.576. The van der Waals surface area contributed by atoms with E-state index in [0.29, 0.717) is 6.42 Å². The molecule has 0 unspecified atom stereocenters. The number of carbonyl (C=O) groups excluding carboxylic acids is 1. The summed E-state index contributed by atoms with van der Waals surface area (Å²) in [6, 6.07) is 5.80. The van der Waals surface area contributed by atoms with Gasteiger partial charge in [-0.2, -0.15) is 11.8 Å². The van der Waals surface area contributed by atoms with E-state index >= 15 is 0 Å². The molecule has 1 rings (SSSR count). The van der Waals surface area contributed by atoms with Gasteiger partial charge >= 0.3 is 0 Å². The number of rotatable bonds is 4. The average molecular weight is 385 g/mol. The molecule has 0 saturated carbocycles. The van der Waals surface area contributed by atoms with Crippen LogP contribution in [0.1, 0.15) is 16.8 Å². The van der Waals surface area contributed by atoms with Gasteiger partial charge in [-0.1, -0.05) is 15.9 Å². The van der Waals surface area contributed by atoms with E-state index in [1.165, 1.54) is 0 Å². The Balaban J connectivity index is 2.83. The molecular weight excluding hydrogens is 375 g/mol. The Bertz CT molecular complexity index is 341. The number of ketones is 1. The van der Waals surface area contributed by atoms with E-state index < -0.39 is 0 Å². The average Bonchev–Trinajstić information content (AvgIpc) is 2.18. The fourth-order valence-electron chi connectivity index (χ4n) is 1.04. The maximum Gasteiger partial charge on any atom is 0.164 e. The number of hydrogen-bond donors (Lipinski definition) is 0. The molecule has 0 bridgehead atoms. The van der Waals surface area contributed by atoms with Crippen molar-refractivity contribution in [2.75, 3.05) is 12.0 Å². The van der Waals surface area contributed by atoms with Crippen molar-refractivity contribution in [2.45, 2.75) is 6.42 Å². The van der Waals surface area contributed by atoms with Crippen molar-refractivity contribution in [3.05, 3.63) is 31.8 Å². The minimum absolute atomic E-state index is 0.227. The van der Waals surface area contributed by atoms with E-state index in [0.717, 1.165) is 19.4 Å². The normalized spacial score (nSPS) is 10.2. The molecule has 0 spiro atoms. The minimum atomic E-state index is 0.227. The lowest BCUT2D eigenvalue weighted by Gasteiger charge is -2.03. The van der Waals surface area contributed by atoms with Crippen LogP contribution in [0.4, 0.5) is 0 Å². The highest BCUT2D eigenvalue weighted by atomic mass is 127. The van der Waals surface area contributed by atoms with Crippen LogP contribution in [0.3, 0.4) is 0 Å². The largest absolute Gasteiger partial charge is 0.294 e. The third kappa shape index (κ3) is 3.55. The lowest BCUT2D eigenvalue weighted by molar-refractivity contribution is 0.0988. The van der Waals surface area contributed by atoms with Gasteiger partial charge in [0, 0.05) is 25.8 Å². The number of halogens is 2. The highest BCUT2D eigenvalue weighted by Crippen LogP contribution is 2.20. The molecule has 14 heavy (non-hydrogen) atoms. The third-order valence-electron chi connectivity index (χ3n) is 1.76. The van der Waals surface area contributed by atoms with Gasteiger partial charge in [-0.15, -0.1) is 0 Å². The van der Waals surface area contributed by atoms with Crippen LogP contribution in [0.5, 0.6) is 0 Å². The monoisotopic (exact) mass is 384 g/mol. The highest BCUT2D eigenvalue weighted by molar-refractivity contribution is 14.1. The van der Waals surface area contributed by atoms with Crippen molar-refractivity contribution < 1.29 is 4.79 Å². The third-order valence-corrected chi connectivity index (χ3v) is 3.81. The van der Waals surface area contributed by atoms with Crippen molar-refractivity contribution in [3.63, 3.8) is 0 Å². The van der Waals surface area contributed by atoms with E-state index in [4.69, 9.17) is 0 Å². The summed E-state index contributed by atoms with van der Waals surface area (Å²) in [4.78, 5) is 11.7. The molecule has 0 aliphatic rings. The Morgan fingerprint density at radius 1 is 1.57 bits per heavy atom. The molecule has 0 N–H and O–H groups in total. The molecule has 0 fully saturated rings. The van der Waals surface area contributed by atoms with Gasteiger partial charge in [0.05, 0.1) is 0 Å². The van der Waals surface area contributed by atoms with Gasteiger partial charge in [0.25, 0.3) is 0 Å². The van der Waals surface area contributed by atoms with Gasteiger partial charge in [-0.05, 0) is 47.0 Å². The zero-order valence-electron chi connectivity index (χ0n) is 7.72. The summed E-state index contributed by atoms with van der Waals surface area (Å²) in [6.07, 6.45) is 2.63. The van der Waals surface area contributed by atoms with Crippen LogP contribution in [-0.4, -0.2) is 17.8 Å². The van der Waals surface area contributed by atoms with Gasteiger partial charge in [0.2, 0.25) is 0 Å². The van der Waals surface area contributed by atoms with Crippen LogP contribution in [-0.2, 0) is 0 Å². The zero-order chi connectivity index (χ0) is 10.6. The Hall–Kier alpha value is 0.450. The topological polar surface area (TPSA) is 17.1 Å². The molecule has 0 aromatic heterocycles. The molecule has 1 aromatic carbocycles. The van der Waals surface area contributed by atoms with E-state index in [2.05, 4.69) is 38.5 Å². The van der Waals surface area contributed by atoms with Crippen LogP contribution < -0.4 is 0 Å². The molecular formula is C10H10BrIOS. The molecule has 0 heterocycles. The summed E-state index contributed by atoms with van der Waals surface area (Å²) >= 11 is 7.27. The summed E-state index contributed by atoms with van der Waals surface area (Å²) in [5.41, 5.74) is 0.828. The summed E-state index contributed by atoms with van der Waals surface area (Å²) in [7, 11) is 0. The first-order valence-corrected chi connectivity index (χ1v) is 7.39. The minimum Gasteiger partial charge on any atom is -0.294 e. The molecule has 1 nitrogen and oxygen atoms in total. The molecule has 1 aromatic rings. The van der Waals surface area contributed by atoms with Gasteiger partial charge in [0.15, 0.2) is 5.78 Å². The summed E-state index contributed by atoms with van der Waals surface area (Å²) in [6.45, 7) is 0. The Morgan fingerprint density at radius 2 is 2.29 bits per heavy atom. The van der Waals surface area contributed by atoms with E-state index in [9.17, 15) is 4.79 Å². The number of thioether (sulfide) groups is 1. The SMILES string of the molecule is CSCCC(=O)c1cc(Br)ccc1I. The van der Waals surface area contributed by atoms with Gasteiger partial charge in [-0.3, -0.25) is 4.79 Å². The van der Waals surface area contributed by atoms with Crippen molar-refractivity contribution in [1.82, 2.24) is 0 Å². The second kappa shape index (κ2) is 6.12. The summed E-state index contributed by atoms with van der Waals surface area (Å²) < 4.78 is 1.99. The van der Waals surface area contributed by atoms with E-state index in [-0.39, 0.29) is 5.78 Å². The van der Waals surface area contributed by atoms with Gasteiger partial charge in [-0.25, -0.2) is 0 Å². The Morgan fingerprint density at radius 3 is 2.93 bits per heavy atom. The standard InChI is InChI=1S/C10H10BrIOS/c1-14-5-4-10(13)8-6-7(11)2-3-9(8)12/h2-3,6H,4-5H2,1H3. The molecule has 0 saturated heterocycles. The Labute approximate surface area is 110 Å². The van der Waals surface area contributed by atoms with Crippen molar-refractivity contribution >= 4 is 56.1 Å². The van der Waals surface area contributed by atoms with E-state index in [1.807, 2.05) is 24.5 Å². The number of carbonyl (C=O) groups is 1. The van der Waals surface area contributed by atoms with Crippen LogP contribution in [0.15, 0.2) is 22.7 Å². The smallest absolute Gasteiger partial charge is 0.164 e. The van der Waals surface area contributed by atoms with Crippen LogP contribution in [0.2, 0.25) is 0 Å². The molecule has 4 heteroatoms. The maximum absolute atomic E-state index is 11.7. The van der Waals surface area contributed by atoms with E-state index in [1.54, 1.807) is 11.8 Å². The van der Waals surface area contributed by atoms with Crippen LogP contribution >= 0.6 is 50.3 Å². The number of hydrogen-bond acceptors (Lipinski definition) is 2. The van der Waals surface area contributed by atoms with Gasteiger partial charge < -0.3 is 0 Å². The lowest BCUT2D eigenvalue weighted by Crippen LogP contribution is -2.02. The molecule has 76 valence electrons. The van der Waals surface area contributed by atoms with Crippen molar-refractivity contribution in [1.29, 1.82) is 0 Å². The fraction of sp³-hybridized carbons (Fsp3) is 0.300. The Kier molecular flexibility index (Phi) is 5.48. The second-order valence-corrected chi connectivity index (χ2v) is 5.85. The maximum atomic E-state index is 11.7. The predicted octanol–water partition coefficient (Wildman–Crippen LogP) is 3.99. The molecule has 0 aliphatic carbocycles. The fourth-order valence-corrected chi connectivity index (χ4v) is 2.43. The first kappa shape index (κ1) is 12.5. The van der Waals surface area contributed by atoms with Crippen molar-refractivity contribution in [2.24, 2.45) is 0 Å². The van der Waals surface area contributed by atoms with Crippen LogP contribution in [0.25, 0.3) is 0 Å².